The first-order chi connectivity index (χ1) is 10.6. The van der Waals surface area contributed by atoms with Crippen LogP contribution in [-0.4, -0.2) is 29.8 Å². The van der Waals surface area contributed by atoms with E-state index in [0.717, 1.165) is 31.1 Å². The van der Waals surface area contributed by atoms with Crippen molar-refractivity contribution < 1.29 is 9.59 Å². The molecule has 0 spiro atoms. The van der Waals surface area contributed by atoms with E-state index >= 15 is 0 Å². The second-order valence-corrected chi connectivity index (χ2v) is 6.60. The number of amides is 2. The molecule has 1 saturated heterocycles. The topological polar surface area (TPSA) is 49.4 Å². The monoisotopic (exact) mass is 300 g/mol. The number of rotatable bonds is 2. The van der Waals surface area contributed by atoms with E-state index in [-0.39, 0.29) is 11.8 Å². The maximum atomic E-state index is 12.6. The van der Waals surface area contributed by atoms with Crippen LogP contribution in [0.4, 0.5) is 5.69 Å². The van der Waals surface area contributed by atoms with Gasteiger partial charge in [0.25, 0.3) is 5.91 Å². The zero-order valence-corrected chi connectivity index (χ0v) is 13.2. The highest BCUT2D eigenvalue weighted by Gasteiger charge is 2.33. The molecule has 1 saturated carbocycles. The maximum Gasteiger partial charge on any atom is 0.253 e. The Balaban J connectivity index is 1.64. The standard InChI is InChI=1S/C18H24N2O2/c1-13(21)19-17-8-6-15(7-9-17)18(22)20-11-10-14-4-2-3-5-16(14)12-20/h6-9,14,16H,2-5,10-12H2,1H3,(H,19,21)/t14-,16-/m1/s1. The molecule has 1 N–H and O–H groups in total. The molecule has 2 fully saturated rings. The number of carbonyl (C=O) groups excluding carboxylic acids is 2. The average molecular weight is 300 g/mol. The number of anilines is 1. The van der Waals surface area contributed by atoms with E-state index in [1.807, 2.05) is 4.90 Å². The van der Waals surface area contributed by atoms with Crippen LogP contribution in [0.1, 0.15) is 49.4 Å². The number of likely N-dealkylation sites (tertiary alicyclic amines) is 1. The summed E-state index contributed by atoms with van der Waals surface area (Å²) in [6.07, 6.45) is 6.45. The summed E-state index contributed by atoms with van der Waals surface area (Å²) < 4.78 is 0. The third-order valence-electron chi connectivity index (χ3n) is 5.03. The Kier molecular flexibility index (Phi) is 4.46. The summed E-state index contributed by atoms with van der Waals surface area (Å²) in [5, 5.41) is 2.72. The van der Waals surface area contributed by atoms with Crippen molar-refractivity contribution in [3.05, 3.63) is 29.8 Å². The number of benzene rings is 1. The van der Waals surface area contributed by atoms with Crippen molar-refractivity contribution >= 4 is 17.5 Å². The van der Waals surface area contributed by atoms with Gasteiger partial charge in [0, 0.05) is 31.3 Å². The molecule has 4 nitrogen and oxygen atoms in total. The number of nitrogens with one attached hydrogen (secondary N) is 1. The van der Waals surface area contributed by atoms with E-state index in [2.05, 4.69) is 5.32 Å². The molecular formula is C18H24N2O2. The number of nitrogens with zero attached hydrogens (tertiary/aromatic N) is 1. The highest BCUT2D eigenvalue weighted by molar-refractivity contribution is 5.95. The molecule has 0 bridgehead atoms. The lowest BCUT2D eigenvalue weighted by Crippen LogP contribution is -2.44. The van der Waals surface area contributed by atoms with Gasteiger partial charge >= 0.3 is 0 Å². The lowest BCUT2D eigenvalue weighted by Gasteiger charge is -2.41. The molecule has 0 unspecified atom stereocenters. The molecular weight excluding hydrogens is 276 g/mol. The summed E-state index contributed by atoms with van der Waals surface area (Å²) in [5.41, 5.74) is 1.44. The number of fused-ring (bicyclic) bond motifs is 1. The fourth-order valence-corrected chi connectivity index (χ4v) is 3.87. The highest BCUT2D eigenvalue weighted by Crippen LogP contribution is 2.36. The molecule has 1 aliphatic heterocycles. The lowest BCUT2D eigenvalue weighted by molar-refractivity contribution is -0.114. The molecule has 22 heavy (non-hydrogen) atoms. The van der Waals surface area contributed by atoms with Gasteiger partial charge in [-0.1, -0.05) is 19.3 Å². The van der Waals surface area contributed by atoms with Gasteiger partial charge in [-0.25, -0.2) is 0 Å². The van der Waals surface area contributed by atoms with Crippen LogP contribution >= 0.6 is 0 Å². The van der Waals surface area contributed by atoms with Gasteiger partial charge in [-0.15, -0.1) is 0 Å². The van der Waals surface area contributed by atoms with Crippen molar-refractivity contribution in [2.24, 2.45) is 11.8 Å². The normalized spacial score (nSPS) is 24.5. The van der Waals surface area contributed by atoms with Gasteiger partial charge in [0.1, 0.15) is 0 Å². The zero-order valence-electron chi connectivity index (χ0n) is 13.2. The quantitative estimate of drug-likeness (QED) is 0.911. The van der Waals surface area contributed by atoms with Crippen LogP contribution in [0.15, 0.2) is 24.3 Å². The Bertz CT molecular complexity index is 553. The van der Waals surface area contributed by atoms with E-state index in [1.165, 1.54) is 32.6 Å². The molecule has 1 aliphatic carbocycles. The van der Waals surface area contributed by atoms with E-state index in [4.69, 9.17) is 0 Å². The Morgan fingerprint density at radius 2 is 1.73 bits per heavy atom. The van der Waals surface area contributed by atoms with Crippen LogP contribution in [0.25, 0.3) is 0 Å². The fraction of sp³-hybridized carbons (Fsp3) is 0.556. The van der Waals surface area contributed by atoms with Gasteiger partial charge in [-0.2, -0.15) is 0 Å². The van der Waals surface area contributed by atoms with E-state index in [0.29, 0.717) is 11.5 Å². The lowest BCUT2D eigenvalue weighted by atomic mass is 9.75. The first-order valence-electron chi connectivity index (χ1n) is 8.30. The molecule has 1 heterocycles. The Hall–Kier alpha value is -1.84. The summed E-state index contributed by atoms with van der Waals surface area (Å²) in [4.78, 5) is 25.7. The third-order valence-corrected chi connectivity index (χ3v) is 5.03. The summed E-state index contributed by atoms with van der Waals surface area (Å²) in [7, 11) is 0. The van der Waals surface area contributed by atoms with Gasteiger partial charge in [0.2, 0.25) is 5.91 Å². The molecule has 2 atom stereocenters. The van der Waals surface area contributed by atoms with Crippen LogP contribution in [0.5, 0.6) is 0 Å². The first-order valence-corrected chi connectivity index (χ1v) is 8.30. The summed E-state index contributed by atoms with van der Waals surface area (Å²) in [6.45, 7) is 3.28. The minimum absolute atomic E-state index is 0.0987. The predicted octanol–water partition coefficient (Wildman–Crippen LogP) is 3.30. The Labute approximate surface area is 131 Å². The minimum atomic E-state index is -0.0987. The van der Waals surface area contributed by atoms with E-state index in [9.17, 15) is 9.59 Å². The van der Waals surface area contributed by atoms with Crippen LogP contribution < -0.4 is 5.32 Å². The van der Waals surface area contributed by atoms with Gasteiger partial charge in [0.05, 0.1) is 0 Å². The van der Waals surface area contributed by atoms with Crippen molar-refractivity contribution in [1.82, 2.24) is 4.90 Å². The Morgan fingerprint density at radius 3 is 2.41 bits per heavy atom. The van der Waals surface area contributed by atoms with E-state index < -0.39 is 0 Å². The molecule has 1 aromatic rings. The van der Waals surface area contributed by atoms with Gasteiger partial charge < -0.3 is 10.2 Å². The molecule has 0 radical (unpaired) electrons. The van der Waals surface area contributed by atoms with Crippen LogP contribution in [-0.2, 0) is 4.79 Å². The second kappa shape index (κ2) is 6.51. The van der Waals surface area contributed by atoms with E-state index in [1.54, 1.807) is 24.3 Å². The molecule has 2 amide bonds. The molecule has 4 heteroatoms. The largest absolute Gasteiger partial charge is 0.338 e. The number of hydrogen-bond donors (Lipinski definition) is 1. The molecule has 1 aromatic carbocycles. The Morgan fingerprint density at radius 1 is 1.05 bits per heavy atom. The summed E-state index contributed by atoms with van der Waals surface area (Å²) >= 11 is 0. The second-order valence-electron chi connectivity index (χ2n) is 6.60. The summed E-state index contributed by atoms with van der Waals surface area (Å²) in [6, 6.07) is 7.20. The predicted molar refractivity (Wildman–Crippen MR) is 86.7 cm³/mol. The van der Waals surface area contributed by atoms with Gasteiger partial charge in [-0.3, -0.25) is 9.59 Å². The van der Waals surface area contributed by atoms with Gasteiger partial charge in [0.15, 0.2) is 0 Å². The van der Waals surface area contributed by atoms with Crippen molar-refractivity contribution in [3.8, 4) is 0 Å². The average Bonchev–Trinajstić information content (AvgIpc) is 2.54. The van der Waals surface area contributed by atoms with Crippen molar-refractivity contribution in [2.45, 2.75) is 39.0 Å². The number of hydrogen-bond acceptors (Lipinski definition) is 2. The van der Waals surface area contributed by atoms with Crippen LogP contribution in [0, 0.1) is 11.8 Å². The van der Waals surface area contributed by atoms with Crippen LogP contribution in [0.3, 0.4) is 0 Å². The third kappa shape index (κ3) is 3.32. The SMILES string of the molecule is CC(=O)Nc1ccc(C(=O)N2CC[C@H]3CCCC[C@@H]3C2)cc1. The molecule has 2 aliphatic rings. The van der Waals surface area contributed by atoms with Gasteiger partial charge in [-0.05, 0) is 48.9 Å². The first kappa shape index (κ1) is 15.1. The van der Waals surface area contributed by atoms with Crippen LogP contribution in [0.2, 0.25) is 0 Å². The molecule has 118 valence electrons. The van der Waals surface area contributed by atoms with Crippen molar-refractivity contribution in [1.29, 1.82) is 0 Å². The fourth-order valence-electron chi connectivity index (χ4n) is 3.87. The number of carbonyl (C=O) groups is 2. The smallest absolute Gasteiger partial charge is 0.253 e. The molecule has 3 rings (SSSR count). The maximum absolute atomic E-state index is 12.6. The minimum Gasteiger partial charge on any atom is -0.338 e. The number of piperidine rings is 1. The molecule has 0 aromatic heterocycles. The highest BCUT2D eigenvalue weighted by atomic mass is 16.2. The van der Waals surface area contributed by atoms with Crippen molar-refractivity contribution in [2.75, 3.05) is 18.4 Å². The summed E-state index contributed by atoms with van der Waals surface area (Å²) in [5.74, 6) is 1.56. The zero-order chi connectivity index (χ0) is 15.5. The van der Waals surface area contributed by atoms with Crippen molar-refractivity contribution in [3.63, 3.8) is 0 Å².